The number of likely N-dealkylation sites (tertiary alicyclic amines) is 1. The SMILES string of the molecule is Cc1cc(CN2C[C@H](NC(=O)N(C)C)[C@H]3OCCC[C@H]32)oc1C. The van der Waals surface area contributed by atoms with E-state index in [1.165, 1.54) is 5.56 Å². The summed E-state index contributed by atoms with van der Waals surface area (Å²) in [5.74, 6) is 1.97. The van der Waals surface area contributed by atoms with Gasteiger partial charge in [-0.05, 0) is 38.3 Å². The summed E-state index contributed by atoms with van der Waals surface area (Å²) in [5, 5.41) is 3.10. The molecule has 2 saturated heterocycles. The van der Waals surface area contributed by atoms with Crippen LogP contribution in [0.4, 0.5) is 4.79 Å². The third-order valence-electron chi connectivity index (χ3n) is 4.92. The van der Waals surface area contributed by atoms with Crippen molar-refractivity contribution < 1.29 is 13.9 Å². The molecule has 0 unspecified atom stereocenters. The molecule has 3 rings (SSSR count). The van der Waals surface area contributed by atoms with E-state index in [0.29, 0.717) is 6.04 Å². The number of carbonyl (C=O) groups is 1. The average molecular weight is 321 g/mol. The number of carbonyl (C=O) groups excluding carboxylic acids is 1. The van der Waals surface area contributed by atoms with Gasteiger partial charge in [0.1, 0.15) is 11.5 Å². The Morgan fingerprint density at radius 3 is 2.87 bits per heavy atom. The van der Waals surface area contributed by atoms with E-state index in [1.807, 2.05) is 6.92 Å². The molecule has 0 spiro atoms. The van der Waals surface area contributed by atoms with Crippen LogP contribution in [0, 0.1) is 13.8 Å². The lowest BCUT2D eigenvalue weighted by Gasteiger charge is -2.32. The summed E-state index contributed by atoms with van der Waals surface area (Å²) in [6, 6.07) is 2.43. The van der Waals surface area contributed by atoms with E-state index in [9.17, 15) is 4.79 Å². The fraction of sp³-hybridized carbons (Fsp3) is 0.706. The number of nitrogens with zero attached hydrogens (tertiary/aromatic N) is 2. The van der Waals surface area contributed by atoms with Gasteiger partial charge in [-0.2, -0.15) is 0 Å². The van der Waals surface area contributed by atoms with Crippen LogP contribution in [0.3, 0.4) is 0 Å². The summed E-state index contributed by atoms with van der Waals surface area (Å²) in [7, 11) is 3.52. The van der Waals surface area contributed by atoms with Crippen molar-refractivity contribution in [3.05, 3.63) is 23.2 Å². The molecule has 1 aromatic heterocycles. The Morgan fingerprint density at radius 1 is 1.43 bits per heavy atom. The Balaban J connectivity index is 1.71. The first-order chi connectivity index (χ1) is 11.0. The first-order valence-electron chi connectivity index (χ1n) is 8.35. The summed E-state index contributed by atoms with van der Waals surface area (Å²) < 4.78 is 11.8. The number of aryl methyl sites for hydroxylation is 2. The van der Waals surface area contributed by atoms with Crippen molar-refractivity contribution in [2.24, 2.45) is 0 Å². The van der Waals surface area contributed by atoms with Gasteiger partial charge in [-0.25, -0.2) is 4.79 Å². The molecular formula is C17H27N3O3. The van der Waals surface area contributed by atoms with Crippen molar-refractivity contribution in [2.75, 3.05) is 27.2 Å². The third-order valence-corrected chi connectivity index (χ3v) is 4.92. The highest BCUT2D eigenvalue weighted by Gasteiger charge is 2.44. The van der Waals surface area contributed by atoms with Gasteiger partial charge in [0.25, 0.3) is 0 Å². The van der Waals surface area contributed by atoms with Crippen LogP contribution in [-0.4, -0.2) is 61.3 Å². The normalized spacial score (nSPS) is 27.7. The minimum absolute atomic E-state index is 0.0346. The number of ether oxygens (including phenoxy) is 1. The van der Waals surface area contributed by atoms with Crippen LogP contribution in [0.25, 0.3) is 0 Å². The summed E-state index contributed by atoms with van der Waals surface area (Å²) in [6.07, 6.45) is 2.25. The number of rotatable bonds is 3. The molecule has 2 amide bonds. The van der Waals surface area contributed by atoms with Crippen LogP contribution in [0.15, 0.2) is 10.5 Å². The molecule has 0 saturated carbocycles. The number of amides is 2. The van der Waals surface area contributed by atoms with Gasteiger partial charge >= 0.3 is 6.03 Å². The molecule has 2 fully saturated rings. The largest absolute Gasteiger partial charge is 0.465 e. The highest BCUT2D eigenvalue weighted by molar-refractivity contribution is 5.74. The molecule has 1 aromatic rings. The molecule has 6 nitrogen and oxygen atoms in total. The maximum Gasteiger partial charge on any atom is 0.317 e. The number of furan rings is 1. The summed E-state index contributed by atoms with van der Waals surface area (Å²) in [4.78, 5) is 16.0. The van der Waals surface area contributed by atoms with Crippen LogP contribution >= 0.6 is 0 Å². The Kier molecular flexibility index (Phi) is 4.64. The van der Waals surface area contributed by atoms with Crippen LogP contribution in [0.2, 0.25) is 0 Å². The quantitative estimate of drug-likeness (QED) is 0.924. The van der Waals surface area contributed by atoms with Gasteiger partial charge in [-0.15, -0.1) is 0 Å². The zero-order chi connectivity index (χ0) is 16.6. The minimum Gasteiger partial charge on any atom is -0.465 e. The van der Waals surface area contributed by atoms with Gasteiger partial charge in [-0.1, -0.05) is 0 Å². The lowest BCUT2D eigenvalue weighted by atomic mass is 10.0. The smallest absolute Gasteiger partial charge is 0.317 e. The topological polar surface area (TPSA) is 58.0 Å². The van der Waals surface area contributed by atoms with E-state index < -0.39 is 0 Å². The molecule has 0 aromatic carbocycles. The number of nitrogens with one attached hydrogen (secondary N) is 1. The van der Waals surface area contributed by atoms with Gasteiger partial charge in [0.2, 0.25) is 0 Å². The Hall–Kier alpha value is -1.53. The van der Waals surface area contributed by atoms with Crippen molar-refractivity contribution in [2.45, 2.75) is 51.4 Å². The minimum atomic E-state index is -0.0607. The zero-order valence-corrected chi connectivity index (χ0v) is 14.5. The highest BCUT2D eigenvalue weighted by Crippen LogP contribution is 2.31. The highest BCUT2D eigenvalue weighted by atomic mass is 16.5. The van der Waals surface area contributed by atoms with E-state index in [2.05, 4.69) is 23.2 Å². The number of hydrogen-bond donors (Lipinski definition) is 1. The van der Waals surface area contributed by atoms with Gasteiger partial charge in [-0.3, -0.25) is 4.90 Å². The van der Waals surface area contributed by atoms with Crippen LogP contribution < -0.4 is 5.32 Å². The fourth-order valence-corrected chi connectivity index (χ4v) is 3.58. The second-order valence-electron chi connectivity index (χ2n) is 6.88. The molecule has 6 heteroatoms. The van der Waals surface area contributed by atoms with Crippen molar-refractivity contribution in [3.8, 4) is 0 Å². The van der Waals surface area contributed by atoms with E-state index in [-0.39, 0.29) is 18.2 Å². The Morgan fingerprint density at radius 2 is 2.22 bits per heavy atom. The molecule has 2 aliphatic heterocycles. The molecule has 2 aliphatic rings. The lowest BCUT2D eigenvalue weighted by Crippen LogP contribution is -2.50. The van der Waals surface area contributed by atoms with E-state index in [0.717, 1.165) is 44.1 Å². The maximum absolute atomic E-state index is 12.0. The molecule has 23 heavy (non-hydrogen) atoms. The van der Waals surface area contributed by atoms with Crippen LogP contribution in [0.1, 0.15) is 29.9 Å². The number of urea groups is 1. The van der Waals surface area contributed by atoms with Crippen molar-refractivity contribution in [1.29, 1.82) is 0 Å². The standard InChI is InChI=1S/C17H27N3O3/c1-11-8-13(23-12(11)2)9-20-10-14(18-17(21)19(3)4)16-15(20)6-5-7-22-16/h8,14-16H,5-7,9-10H2,1-4H3,(H,18,21)/t14-,15+,16+/m0/s1. The molecular weight excluding hydrogens is 294 g/mol. The first kappa shape index (κ1) is 16.3. The summed E-state index contributed by atoms with van der Waals surface area (Å²) >= 11 is 0. The monoisotopic (exact) mass is 321 g/mol. The van der Waals surface area contributed by atoms with Gasteiger partial charge in [0.05, 0.1) is 18.7 Å². The van der Waals surface area contributed by atoms with Gasteiger partial charge in [0, 0.05) is 33.3 Å². The first-order valence-corrected chi connectivity index (χ1v) is 8.35. The van der Waals surface area contributed by atoms with E-state index >= 15 is 0 Å². The molecule has 128 valence electrons. The maximum atomic E-state index is 12.0. The van der Waals surface area contributed by atoms with Crippen molar-refractivity contribution >= 4 is 6.03 Å². The molecule has 3 atom stereocenters. The lowest BCUT2D eigenvalue weighted by molar-refractivity contribution is -0.0215. The fourth-order valence-electron chi connectivity index (χ4n) is 3.58. The van der Waals surface area contributed by atoms with Crippen LogP contribution in [0.5, 0.6) is 0 Å². The van der Waals surface area contributed by atoms with E-state index in [4.69, 9.17) is 9.15 Å². The third kappa shape index (κ3) is 3.38. The second-order valence-corrected chi connectivity index (χ2v) is 6.88. The predicted molar refractivity (Wildman–Crippen MR) is 87.4 cm³/mol. The Labute approximate surface area is 137 Å². The van der Waals surface area contributed by atoms with Crippen molar-refractivity contribution in [1.82, 2.24) is 15.1 Å². The second kappa shape index (κ2) is 6.53. The molecule has 0 bridgehead atoms. The summed E-state index contributed by atoms with van der Waals surface area (Å²) in [6.45, 7) is 6.41. The average Bonchev–Trinajstić information content (AvgIpc) is 3.01. The number of fused-ring (bicyclic) bond motifs is 1. The summed E-state index contributed by atoms with van der Waals surface area (Å²) in [5.41, 5.74) is 1.19. The predicted octanol–water partition coefficient (Wildman–Crippen LogP) is 1.90. The number of hydrogen-bond acceptors (Lipinski definition) is 4. The zero-order valence-electron chi connectivity index (χ0n) is 14.5. The van der Waals surface area contributed by atoms with Crippen LogP contribution in [-0.2, 0) is 11.3 Å². The van der Waals surface area contributed by atoms with Gasteiger partial charge in [0.15, 0.2) is 0 Å². The molecule has 0 aliphatic carbocycles. The van der Waals surface area contributed by atoms with E-state index in [1.54, 1.807) is 19.0 Å². The molecule has 0 radical (unpaired) electrons. The molecule has 1 N–H and O–H groups in total. The van der Waals surface area contributed by atoms with Gasteiger partial charge < -0.3 is 19.4 Å². The molecule has 3 heterocycles. The van der Waals surface area contributed by atoms with Crippen molar-refractivity contribution in [3.63, 3.8) is 0 Å². The Bertz CT molecular complexity index is 550.